The number of thioether (sulfide) groups is 1. The van der Waals surface area contributed by atoms with Crippen molar-refractivity contribution in [3.63, 3.8) is 0 Å². The minimum Gasteiger partial charge on any atom is -0.344 e. The third kappa shape index (κ3) is 4.36. The summed E-state index contributed by atoms with van der Waals surface area (Å²) in [6.45, 7) is 5.21. The van der Waals surface area contributed by atoms with Crippen LogP contribution in [0.15, 0.2) is 6.20 Å². The molecule has 1 aromatic rings. The average molecular weight is 253 g/mol. The molecule has 0 radical (unpaired) electrons. The van der Waals surface area contributed by atoms with Gasteiger partial charge in [-0.15, -0.1) is 0 Å². The van der Waals surface area contributed by atoms with Crippen LogP contribution in [-0.4, -0.2) is 21.3 Å². The molecule has 1 fully saturated rings. The Hall–Kier alpha value is -0.480. The van der Waals surface area contributed by atoms with Crippen LogP contribution in [0.1, 0.15) is 51.0 Å². The van der Waals surface area contributed by atoms with E-state index in [1.54, 1.807) is 0 Å². The Morgan fingerprint density at radius 2 is 2.24 bits per heavy atom. The number of rotatable bonds is 6. The molecule has 1 aliphatic rings. The smallest absolute Gasteiger partial charge is 0.116 e. The van der Waals surface area contributed by atoms with E-state index >= 15 is 0 Å². The minimum atomic E-state index is 0.523. The molecule has 96 valence electrons. The molecular weight excluding hydrogens is 230 g/mol. The summed E-state index contributed by atoms with van der Waals surface area (Å²) in [4.78, 5) is 7.84. The molecule has 0 amide bonds. The maximum absolute atomic E-state index is 4.44. The van der Waals surface area contributed by atoms with Gasteiger partial charge in [0.1, 0.15) is 5.82 Å². The van der Waals surface area contributed by atoms with Crippen molar-refractivity contribution in [2.75, 3.05) is 0 Å². The predicted molar refractivity (Wildman–Crippen MR) is 74.1 cm³/mol. The van der Waals surface area contributed by atoms with E-state index in [4.69, 9.17) is 0 Å². The summed E-state index contributed by atoms with van der Waals surface area (Å²) in [7, 11) is 0. The van der Waals surface area contributed by atoms with Crippen molar-refractivity contribution < 1.29 is 0 Å². The highest BCUT2D eigenvalue weighted by Gasteiger charge is 2.15. The fraction of sp³-hybridized carbons (Fsp3) is 0.769. The summed E-state index contributed by atoms with van der Waals surface area (Å²) in [6, 6.07) is 0.523. The molecule has 0 bridgehead atoms. The van der Waals surface area contributed by atoms with E-state index in [1.807, 2.05) is 6.20 Å². The van der Waals surface area contributed by atoms with Gasteiger partial charge in [0.05, 0.1) is 5.75 Å². The van der Waals surface area contributed by atoms with E-state index < -0.39 is 0 Å². The van der Waals surface area contributed by atoms with Crippen LogP contribution >= 0.6 is 11.8 Å². The Labute approximate surface area is 108 Å². The zero-order chi connectivity index (χ0) is 12.1. The molecule has 4 heteroatoms. The van der Waals surface area contributed by atoms with E-state index in [0.717, 1.165) is 23.4 Å². The molecule has 0 atom stereocenters. The minimum absolute atomic E-state index is 0.523. The summed E-state index contributed by atoms with van der Waals surface area (Å²) in [5, 5.41) is 4.27. The van der Waals surface area contributed by atoms with Gasteiger partial charge in [0.15, 0.2) is 0 Å². The molecule has 0 saturated heterocycles. The van der Waals surface area contributed by atoms with Gasteiger partial charge < -0.3 is 10.3 Å². The lowest BCUT2D eigenvalue weighted by molar-refractivity contribution is 0.582. The van der Waals surface area contributed by atoms with E-state index in [9.17, 15) is 0 Å². The van der Waals surface area contributed by atoms with Crippen LogP contribution in [0.5, 0.6) is 0 Å². The summed E-state index contributed by atoms with van der Waals surface area (Å²) < 4.78 is 0. The number of hydrogen-bond acceptors (Lipinski definition) is 3. The van der Waals surface area contributed by atoms with Gasteiger partial charge in [-0.3, -0.25) is 0 Å². The molecule has 17 heavy (non-hydrogen) atoms. The summed E-state index contributed by atoms with van der Waals surface area (Å²) in [5.74, 6) is 2.16. The number of nitrogens with one attached hydrogen (secondary N) is 2. The van der Waals surface area contributed by atoms with Crippen molar-refractivity contribution >= 4 is 11.8 Å². The lowest BCUT2D eigenvalue weighted by Gasteiger charge is -2.07. The first-order chi connectivity index (χ1) is 8.24. The first-order valence-corrected chi connectivity index (χ1v) is 7.66. The Kier molecular flexibility index (Phi) is 4.92. The molecule has 1 aliphatic carbocycles. The van der Waals surface area contributed by atoms with Crippen LogP contribution in [0, 0.1) is 0 Å². The lowest BCUT2D eigenvalue weighted by atomic mass is 10.4. The molecular formula is C13H23N3S. The second kappa shape index (κ2) is 6.45. The Balaban J connectivity index is 1.73. The van der Waals surface area contributed by atoms with E-state index in [1.165, 1.54) is 31.4 Å². The number of imidazole rings is 1. The highest BCUT2D eigenvalue weighted by molar-refractivity contribution is 7.99. The number of nitrogens with zero attached hydrogens (tertiary/aromatic N) is 1. The number of H-pyrrole nitrogens is 1. The molecule has 0 aromatic carbocycles. The van der Waals surface area contributed by atoms with Gasteiger partial charge >= 0.3 is 0 Å². The van der Waals surface area contributed by atoms with Gasteiger partial charge in [0, 0.05) is 29.7 Å². The molecule has 2 N–H and O–H groups in total. The molecule has 1 heterocycles. The standard InChI is InChI=1S/C13H23N3S/c1-10(2)14-7-11-8-15-13(16-11)9-17-12-5-3-4-6-12/h8,10,12,14H,3-7,9H2,1-2H3,(H,15,16). The van der Waals surface area contributed by atoms with Gasteiger partial charge in [-0.1, -0.05) is 26.7 Å². The number of aromatic nitrogens is 2. The van der Waals surface area contributed by atoms with Crippen LogP contribution < -0.4 is 5.32 Å². The monoisotopic (exact) mass is 253 g/mol. The fourth-order valence-corrected chi connectivity index (χ4v) is 3.34. The fourth-order valence-electron chi connectivity index (χ4n) is 2.13. The van der Waals surface area contributed by atoms with Crippen LogP contribution in [0.4, 0.5) is 0 Å². The maximum atomic E-state index is 4.44. The van der Waals surface area contributed by atoms with Crippen molar-refractivity contribution in [3.8, 4) is 0 Å². The first kappa shape index (κ1) is 13.0. The second-order valence-electron chi connectivity index (χ2n) is 5.11. The topological polar surface area (TPSA) is 40.7 Å². The molecule has 0 unspecified atom stereocenters. The first-order valence-electron chi connectivity index (χ1n) is 6.62. The van der Waals surface area contributed by atoms with Crippen molar-refractivity contribution in [1.29, 1.82) is 0 Å². The predicted octanol–water partition coefficient (Wildman–Crippen LogP) is 3.08. The third-order valence-electron chi connectivity index (χ3n) is 3.14. The molecule has 0 spiro atoms. The SMILES string of the molecule is CC(C)NCc1cnc(CSC2CCCC2)[nH]1. The van der Waals surface area contributed by atoms with Gasteiger partial charge in [-0.2, -0.15) is 11.8 Å². The lowest BCUT2D eigenvalue weighted by Crippen LogP contribution is -2.21. The quantitative estimate of drug-likeness (QED) is 0.818. The molecule has 2 rings (SSSR count). The average Bonchev–Trinajstić information content (AvgIpc) is 2.95. The highest BCUT2D eigenvalue weighted by Crippen LogP contribution is 2.30. The molecule has 1 saturated carbocycles. The normalized spacial score (nSPS) is 17.1. The van der Waals surface area contributed by atoms with Crippen molar-refractivity contribution in [2.45, 2.75) is 63.1 Å². The van der Waals surface area contributed by atoms with E-state index in [0.29, 0.717) is 6.04 Å². The van der Waals surface area contributed by atoms with Crippen LogP contribution in [0.25, 0.3) is 0 Å². The molecule has 3 nitrogen and oxygen atoms in total. The van der Waals surface area contributed by atoms with Gasteiger partial charge in [0.2, 0.25) is 0 Å². The zero-order valence-corrected chi connectivity index (χ0v) is 11.6. The highest BCUT2D eigenvalue weighted by atomic mass is 32.2. The van der Waals surface area contributed by atoms with Gasteiger partial charge in [-0.25, -0.2) is 4.98 Å². The summed E-state index contributed by atoms with van der Waals surface area (Å²) in [5.41, 5.74) is 1.20. The van der Waals surface area contributed by atoms with Crippen molar-refractivity contribution in [2.24, 2.45) is 0 Å². The van der Waals surface area contributed by atoms with Crippen LogP contribution in [0.3, 0.4) is 0 Å². The van der Waals surface area contributed by atoms with Crippen LogP contribution in [-0.2, 0) is 12.3 Å². The van der Waals surface area contributed by atoms with Gasteiger partial charge in [-0.05, 0) is 12.8 Å². The Bertz CT molecular complexity index is 329. The number of aromatic amines is 1. The Morgan fingerprint density at radius 1 is 1.47 bits per heavy atom. The number of hydrogen-bond donors (Lipinski definition) is 2. The van der Waals surface area contributed by atoms with Crippen LogP contribution in [0.2, 0.25) is 0 Å². The second-order valence-corrected chi connectivity index (χ2v) is 6.40. The van der Waals surface area contributed by atoms with Crippen molar-refractivity contribution in [3.05, 3.63) is 17.7 Å². The third-order valence-corrected chi connectivity index (χ3v) is 4.52. The summed E-state index contributed by atoms with van der Waals surface area (Å²) >= 11 is 2.06. The van der Waals surface area contributed by atoms with E-state index in [-0.39, 0.29) is 0 Å². The van der Waals surface area contributed by atoms with Gasteiger partial charge in [0.25, 0.3) is 0 Å². The molecule has 0 aliphatic heterocycles. The summed E-state index contributed by atoms with van der Waals surface area (Å²) in [6.07, 6.45) is 7.58. The Morgan fingerprint density at radius 3 is 2.94 bits per heavy atom. The maximum Gasteiger partial charge on any atom is 0.116 e. The molecule has 1 aromatic heterocycles. The zero-order valence-electron chi connectivity index (χ0n) is 10.8. The largest absolute Gasteiger partial charge is 0.344 e. The van der Waals surface area contributed by atoms with Crippen molar-refractivity contribution in [1.82, 2.24) is 15.3 Å². The van der Waals surface area contributed by atoms with E-state index in [2.05, 4.69) is 40.9 Å².